The smallest absolute Gasteiger partial charge is 0.209 e. The summed E-state index contributed by atoms with van der Waals surface area (Å²) in [6.07, 6.45) is -0.884. The molecule has 7 heavy (non-hydrogen) atoms. The first kappa shape index (κ1) is 6.10. The van der Waals surface area contributed by atoms with Crippen molar-refractivity contribution in [1.29, 1.82) is 0 Å². The lowest BCUT2D eigenvalue weighted by Gasteiger charge is -1.94. The monoisotopic (exact) mass is 103 g/mol. The highest BCUT2D eigenvalue weighted by molar-refractivity contribution is 5.60. The molecule has 0 aromatic rings. The van der Waals surface area contributed by atoms with Crippen LogP contribution < -0.4 is 5.32 Å². The van der Waals surface area contributed by atoms with E-state index in [1.165, 1.54) is 0 Å². The predicted octanol–water partition coefficient (Wildman–Crippen LogP) is -1.75. The molecule has 0 aliphatic carbocycles. The van der Waals surface area contributed by atoms with Crippen LogP contribution in [0, 0.1) is 0 Å². The van der Waals surface area contributed by atoms with Gasteiger partial charge in [-0.3, -0.25) is 9.59 Å². The molecule has 0 saturated carbocycles. The fourth-order valence-electron chi connectivity index (χ4n) is 0.109. The molecule has 4 heteroatoms. The molecule has 0 aliphatic heterocycles. The van der Waals surface area contributed by atoms with Crippen LogP contribution in [0.3, 0.4) is 0 Å². The molecule has 0 unspecified atom stereocenters. The molecule has 1 atom stereocenters. The molecule has 1 amide bonds. The van der Waals surface area contributed by atoms with Crippen LogP contribution in [0.1, 0.15) is 0 Å². The van der Waals surface area contributed by atoms with E-state index in [0.717, 1.165) is 0 Å². The van der Waals surface area contributed by atoms with Crippen LogP contribution in [0.15, 0.2) is 0 Å². The summed E-state index contributed by atoms with van der Waals surface area (Å²) < 4.78 is 0. The molecule has 0 aliphatic rings. The number of nitrogens with one attached hydrogen (secondary N) is 1. The first-order valence-electron chi connectivity index (χ1n) is 1.64. The van der Waals surface area contributed by atoms with Crippen LogP contribution in [0.2, 0.25) is 0 Å². The zero-order valence-corrected chi connectivity index (χ0v) is 3.50. The molecule has 40 valence electrons. The normalized spacial score (nSPS) is 12.1. The van der Waals surface area contributed by atoms with E-state index < -0.39 is 6.23 Å². The van der Waals surface area contributed by atoms with Crippen LogP contribution in [0.25, 0.3) is 0 Å². The summed E-state index contributed by atoms with van der Waals surface area (Å²) in [5.41, 5.74) is 0. The summed E-state index contributed by atoms with van der Waals surface area (Å²) in [7, 11) is 0. The number of hydrogen-bond acceptors (Lipinski definition) is 3. The van der Waals surface area contributed by atoms with Gasteiger partial charge < -0.3 is 10.4 Å². The Morgan fingerprint density at radius 2 is 2.14 bits per heavy atom. The van der Waals surface area contributed by atoms with E-state index in [-0.39, 0.29) is 12.7 Å². The minimum absolute atomic E-state index is 0.217. The van der Waals surface area contributed by atoms with E-state index in [4.69, 9.17) is 5.11 Å². The van der Waals surface area contributed by atoms with Gasteiger partial charge in [-0.15, -0.1) is 0 Å². The maximum atomic E-state index is 9.42. The topological polar surface area (TPSA) is 66.4 Å². The Labute approximate surface area is 40.1 Å². The number of aliphatic hydroxyl groups is 1. The maximum Gasteiger partial charge on any atom is 0.209 e. The van der Waals surface area contributed by atoms with E-state index >= 15 is 0 Å². The van der Waals surface area contributed by atoms with E-state index in [1.807, 2.05) is 0 Å². The lowest BCUT2D eigenvalue weighted by atomic mass is 10.6. The zero-order chi connectivity index (χ0) is 5.70. The van der Waals surface area contributed by atoms with Gasteiger partial charge in [0, 0.05) is 0 Å². The summed E-state index contributed by atoms with van der Waals surface area (Å²) in [6.45, 7) is 0. The van der Waals surface area contributed by atoms with Crippen molar-refractivity contribution in [2.45, 2.75) is 6.23 Å². The number of rotatable bonds is 3. The lowest BCUT2D eigenvalue weighted by Crippen LogP contribution is -2.28. The van der Waals surface area contributed by atoms with Crippen LogP contribution in [0.5, 0.6) is 0 Å². The van der Waals surface area contributed by atoms with Gasteiger partial charge in [-0.2, -0.15) is 0 Å². The minimum atomic E-state index is -1.35. The maximum absolute atomic E-state index is 9.42. The van der Waals surface area contributed by atoms with Gasteiger partial charge in [0.05, 0.1) is 0 Å². The third kappa shape index (κ3) is 2.92. The van der Waals surface area contributed by atoms with Gasteiger partial charge in [0.2, 0.25) is 6.41 Å². The molecular weight excluding hydrogens is 98.0 g/mol. The SMILES string of the molecule is O=CN[C@H](O)C=O. The van der Waals surface area contributed by atoms with E-state index in [1.54, 1.807) is 5.32 Å². The van der Waals surface area contributed by atoms with Crippen molar-refractivity contribution < 1.29 is 14.7 Å². The van der Waals surface area contributed by atoms with Crippen LogP contribution in [-0.4, -0.2) is 24.0 Å². The predicted molar refractivity (Wildman–Crippen MR) is 21.3 cm³/mol. The molecule has 0 aromatic carbocycles. The molecule has 4 nitrogen and oxygen atoms in total. The summed E-state index contributed by atoms with van der Waals surface area (Å²) in [4.78, 5) is 18.8. The Bertz CT molecular complexity index is 72.6. The quantitative estimate of drug-likeness (QED) is 0.329. The molecule has 0 radical (unpaired) electrons. The van der Waals surface area contributed by atoms with Crippen molar-refractivity contribution in [3.8, 4) is 0 Å². The summed E-state index contributed by atoms with van der Waals surface area (Å²) in [5.74, 6) is 0. The largest absolute Gasteiger partial charge is 0.367 e. The highest BCUT2D eigenvalue weighted by Gasteiger charge is 1.92. The summed E-state index contributed by atoms with van der Waals surface area (Å²) >= 11 is 0. The Balaban J connectivity index is 3.15. The van der Waals surface area contributed by atoms with E-state index in [9.17, 15) is 9.59 Å². The molecule has 2 N–H and O–H groups in total. The van der Waals surface area contributed by atoms with Gasteiger partial charge in [0.15, 0.2) is 12.5 Å². The molecule has 0 fully saturated rings. The second kappa shape index (κ2) is 3.30. The van der Waals surface area contributed by atoms with Crippen LogP contribution in [0.4, 0.5) is 0 Å². The third-order valence-corrected chi connectivity index (χ3v) is 0.368. The van der Waals surface area contributed by atoms with Crippen molar-refractivity contribution in [2.24, 2.45) is 0 Å². The van der Waals surface area contributed by atoms with Crippen molar-refractivity contribution in [3.63, 3.8) is 0 Å². The van der Waals surface area contributed by atoms with Crippen molar-refractivity contribution in [2.75, 3.05) is 0 Å². The Kier molecular flexibility index (Phi) is 2.87. The second-order valence-corrected chi connectivity index (χ2v) is 0.865. The molecule has 0 aromatic heterocycles. The van der Waals surface area contributed by atoms with Gasteiger partial charge in [0.25, 0.3) is 0 Å². The van der Waals surface area contributed by atoms with Gasteiger partial charge in [0.1, 0.15) is 0 Å². The summed E-state index contributed by atoms with van der Waals surface area (Å²) in [6, 6.07) is 0. The van der Waals surface area contributed by atoms with Crippen molar-refractivity contribution >= 4 is 12.7 Å². The highest BCUT2D eigenvalue weighted by atomic mass is 16.3. The number of aliphatic hydroxyl groups excluding tert-OH is 1. The molecule has 0 saturated heterocycles. The number of amides is 1. The highest BCUT2D eigenvalue weighted by Crippen LogP contribution is 1.58. The number of aldehydes is 1. The summed E-state index contributed by atoms with van der Waals surface area (Å²) in [5, 5.41) is 9.95. The minimum Gasteiger partial charge on any atom is -0.367 e. The first-order valence-corrected chi connectivity index (χ1v) is 1.64. The Hall–Kier alpha value is -0.900. The third-order valence-electron chi connectivity index (χ3n) is 0.368. The zero-order valence-electron chi connectivity index (χ0n) is 3.50. The number of carbonyl (C=O) groups is 2. The fraction of sp³-hybridized carbons (Fsp3) is 0.333. The molecule has 0 spiro atoms. The van der Waals surface area contributed by atoms with Crippen LogP contribution >= 0.6 is 0 Å². The average Bonchev–Trinajstić information content (AvgIpc) is 1.68. The van der Waals surface area contributed by atoms with E-state index in [2.05, 4.69) is 0 Å². The van der Waals surface area contributed by atoms with Gasteiger partial charge in [-0.1, -0.05) is 0 Å². The Morgan fingerprint density at radius 3 is 2.29 bits per heavy atom. The standard InChI is InChI=1S/C3H5NO3/c5-1-3(7)4-2-6/h1-3,7H,(H,4,6)/t3-/m1/s1. The molecule has 0 heterocycles. The number of carbonyl (C=O) groups excluding carboxylic acids is 2. The van der Waals surface area contributed by atoms with Crippen molar-refractivity contribution in [3.05, 3.63) is 0 Å². The molecule has 0 bridgehead atoms. The second-order valence-electron chi connectivity index (χ2n) is 0.865. The van der Waals surface area contributed by atoms with Crippen molar-refractivity contribution in [1.82, 2.24) is 5.32 Å². The van der Waals surface area contributed by atoms with Gasteiger partial charge in [-0.05, 0) is 0 Å². The molecule has 0 rings (SSSR count). The van der Waals surface area contributed by atoms with E-state index in [0.29, 0.717) is 0 Å². The number of hydrogen-bond donors (Lipinski definition) is 2. The average molecular weight is 103 g/mol. The van der Waals surface area contributed by atoms with Gasteiger partial charge >= 0.3 is 0 Å². The van der Waals surface area contributed by atoms with Gasteiger partial charge in [-0.25, -0.2) is 0 Å². The lowest BCUT2D eigenvalue weighted by molar-refractivity contribution is -0.121. The molecular formula is C3H5NO3. The Morgan fingerprint density at radius 1 is 1.57 bits per heavy atom. The first-order chi connectivity index (χ1) is 3.31. The van der Waals surface area contributed by atoms with Crippen LogP contribution in [-0.2, 0) is 9.59 Å². The fourth-order valence-corrected chi connectivity index (χ4v) is 0.109.